The summed E-state index contributed by atoms with van der Waals surface area (Å²) in [5, 5.41) is 7.96. The fourth-order valence-corrected chi connectivity index (χ4v) is 0.980. The third-order valence-corrected chi connectivity index (χ3v) is 2.12. The summed E-state index contributed by atoms with van der Waals surface area (Å²) in [5.41, 5.74) is 0. The molecule has 0 aromatic rings. The van der Waals surface area contributed by atoms with Gasteiger partial charge in [0.25, 0.3) is 0 Å². The highest BCUT2D eigenvalue weighted by atomic mass is 15.3. The van der Waals surface area contributed by atoms with Crippen molar-refractivity contribution in [2.45, 2.75) is 27.7 Å². The molecule has 0 aliphatic rings. The van der Waals surface area contributed by atoms with Crippen LogP contribution in [0.15, 0.2) is 10.2 Å². The maximum Gasteiger partial charge on any atom is 0.114 e. The Kier molecular flexibility index (Phi) is 7.89. The Bertz CT molecular complexity index is 149. The molecular weight excluding hydrogens is 176 g/mol. The molecular formula is C10H22N4. The van der Waals surface area contributed by atoms with E-state index < -0.39 is 0 Å². The van der Waals surface area contributed by atoms with Gasteiger partial charge in [-0.15, -0.1) is 10.2 Å². The summed E-state index contributed by atoms with van der Waals surface area (Å²) in [7, 11) is 0. The fourth-order valence-electron chi connectivity index (χ4n) is 0.980. The molecule has 4 nitrogen and oxygen atoms in total. The smallest absolute Gasteiger partial charge is 0.114 e. The van der Waals surface area contributed by atoms with Gasteiger partial charge in [0.05, 0.1) is 0 Å². The monoisotopic (exact) mass is 198 g/mol. The van der Waals surface area contributed by atoms with Crippen molar-refractivity contribution in [3.05, 3.63) is 0 Å². The van der Waals surface area contributed by atoms with Gasteiger partial charge in [-0.1, -0.05) is 0 Å². The van der Waals surface area contributed by atoms with Gasteiger partial charge in [0.15, 0.2) is 0 Å². The minimum atomic E-state index is 0.973. The zero-order valence-corrected chi connectivity index (χ0v) is 9.77. The van der Waals surface area contributed by atoms with Crippen LogP contribution in [0.1, 0.15) is 27.7 Å². The van der Waals surface area contributed by atoms with Crippen LogP contribution in [-0.2, 0) is 0 Å². The zero-order valence-electron chi connectivity index (χ0n) is 9.77. The molecule has 0 heterocycles. The van der Waals surface area contributed by atoms with Crippen LogP contribution in [0.4, 0.5) is 0 Å². The van der Waals surface area contributed by atoms with Crippen molar-refractivity contribution >= 4 is 12.7 Å². The van der Waals surface area contributed by atoms with Crippen LogP contribution in [0.25, 0.3) is 0 Å². The first-order valence-electron chi connectivity index (χ1n) is 5.33. The van der Waals surface area contributed by atoms with Gasteiger partial charge in [0.1, 0.15) is 12.7 Å². The molecule has 0 unspecified atom stereocenters. The highest BCUT2D eigenvalue weighted by molar-refractivity contribution is 5.58. The molecule has 0 spiro atoms. The molecule has 82 valence electrons. The quantitative estimate of drug-likeness (QED) is 0.354. The minimum absolute atomic E-state index is 0.973. The van der Waals surface area contributed by atoms with Crippen molar-refractivity contribution in [2.75, 3.05) is 26.2 Å². The lowest BCUT2D eigenvalue weighted by molar-refractivity contribution is 0.473. The van der Waals surface area contributed by atoms with E-state index in [1.54, 1.807) is 12.7 Å². The van der Waals surface area contributed by atoms with Crippen LogP contribution < -0.4 is 0 Å². The Morgan fingerprint density at radius 2 is 1.00 bits per heavy atom. The van der Waals surface area contributed by atoms with E-state index >= 15 is 0 Å². The molecule has 0 saturated heterocycles. The summed E-state index contributed by atoms with van der Waals surface area (Å²) in [5.74, 6) is 0. The normalized spacial score (nSPS) is 11.4. The average molecular weight is 198 g/mol. The number of nitrogens with zero attached hydrogens (tertiary/aromatic N) is 4. The Hall–Kier alpha value is -1.06. The summed E-state index contributed by atoms with van der Waals surface area (Å²) in [6.45, 7) is 12.3. The SMILES string of the molecule is CCN(C=NN=CN(CC)CC)CC. The van der Waals surface area contributed by atoms with Crippen molar-refractivity contribution in [3.63, 3.8) is 0 Å². The predicted molar refractivity (Wildman–Crippen MR) is 62.8 cm³/mol. The summed E-state index contributed by atoms with van der Waals surface area (Å²) >= 11 is 0. The van der Waals surface area contributed by atoms with Gasteiger partial charge in [-0.3, -0.25) is 0 Å². The lowest BCUT2D eigenvalue weighted by Crippen LogP contribution is -2.21. The van der Waals surface area contributed by atoms with E-state index in [0.717, 1.165) is 26.2 Å². The molecule has 4 heteroatoms. The van der Waals surface area contributed by atoms with Crippen LogP contribution >= 0.6 is 0 Å². The molecule has 0 amide bonds. The van der Waals surface area contributed by atoms with Gasteiger partial charge in [-0.05, 0) is 27.7 Å². The first-order valence-corrected chi connectivity index (χ1v) is 5.33. The second kappa shape index (κ2) is 8.53. The molecule has 0 saturated carbocycles. The first-order chi connectivity index (χ1) is 6.78. The van der Waals surface area contributed by atoms with Crippen molar-refractivity contribution < 1.29 is 0 Å². The molecule has 0 N–H and O–H groups in total. The maximum atomic E-state index is 3.98. The summed E-state index contributed by atoms with van der Waals surface area (Å²) < 4.78 is 0. The molecule has 0 rings (SSSR count). The second-order valence-corrected chi connectivity index (χ2v) is 2.90. The van der Waals surface area contributed by atoms with E-state index in [0.29, 0.717) is 0 Å². The van der Waals surface area contributed by atoms with Crippen LogP contribution in [0.5, 0.6) is 0 Å². The summed E-state index contributed by atoms with van der Waals surface area (Å²) in [6, 6.07) is 0. The number of hydrogen-bond acceptors (Lipinski definition) is 2. The van der Waals surface area contributed by atoms with E-state index in [9.17, 15) is 0 Å². The predicted octanol–water partition coefficient (Wildman–Crippen LogP) is 1.64. The van der Waals surface area contributed by atoms with Gasteiger partial charge in [-0.2, -0.15) is 0 Å². The highest BCUT2D eigenvalue weighted by Gasteiger charge is 1.90. The molecule has 0 radical (unpaired) electrons. The standard InChI is InChI=1S/C10H22N4/c1-5-13(6-2)9-11-12-10-14(7-3)8-4/h9-10H,5-8H2,1-4H3. The Balaban J connectivity index is 3.89. The van der Waals surface area contributed by atoms with Gasteiger partial charge in [-0.25, -0.2) is 0 Å². The molecule has 0 aromatic carbocycles. The van der Waals surface area contributed by atoms with Gasteiger partial charge in [0, 0.05) is 26.2 Å². The van der Waals surface area contributed by atoms with Crippen LogP contribution in [0.3, 0.4) is 0 Å². The Morgan fingerprint density at radius 1 is 0.714 bits per heavy atom. The zero-order chi connectivity index (χ0) is 10.8. The van der Waals surface area contributed by atoms with Crippen molar-refractivity contribution in [1.29, 1.82) is 0 Å². The van der Waals surface area contributed by atoms with Crippen LogP contribution in [0, 0.1) is 0 Å². The third kappa shape index (κ3) is 5.56. The first kappa shape index (κ1) is 12.9. The topological polar surface area (TPSA) is 31.2 Å². The summed E-state index contributed by atoms with van der Waals surface area (Å²) in [4.78, 5) is 4.19. The summed E-state index contributed by atoms with van der Waals surface area (Å²) in [6.07, 6.45) is 3.56. The molecule has 0 fully saturated rings. The Morgan fingerprint density at radius 3 is 1.21 bits per heavy atom. The van der Waals surface area contributed by atoms with Gasteiger partial charge < -0.3 is 9.80 Å². The van der Waals surface area contributed by atoms with Crippen LogP contribution in [-0.4, -0.2) is 48.7 Å². The lowest BCUT2D eigenvalue weighted by Gasteiger charge is -2.13. The molecule has 0 atom stereocenters. The molecule has 14 heavy (non-hydrogen) atoms. The van der Waals surface area contributed by atoms with E-state index in [2.05, 4.69) is 47.7 Å². The average Bonchev–Trinajstić information content (AvgIpc) is 2.24. The minimum Gasteiger partial charge on any atom is -0.362 e. The second-order valence-electron chi connectivity index (χ2n) is 2.90. The van der Waals surface area contributed by atoms with Crippen molar-refractivity contribution in [2.24, 2.45) is 10.2 Å². The van der Waals surface area contributed by atoms with E-state index in [-0.39, 0.29) is 0 Å². The molecule has 0 aliphatic heterocycles. The molecule has 0 aliphatic carbocycles. The number of hydrogen-bond donors (Lipinski definition) is 0. The van der Waals surface area contributed by atoms with E-state index in [1.807, 2.05) is 0 Å². The van der Waals surface area contributed by atoms with Crippen LogP contribution in [0.2, 0.25) is 0 Å². The molecule has 0 bridgehead atoms. The van der Waals surface area contributed by atoms with E-state index in [1.165, 1.54) is 0 Å². The largest absolute Gasteiger partial charge is 0.362 e. The Labute approximate surface area is 87.3 Å². The fraction of sp³-hybridized carbons (Fsp3) is 0.800. The highest BCUT2D eigenvalue weighted by Crippen LogP contribution is 1.84. The number of rotatable bonds is 7. The van der Waals surface area contributed by atoms with Crippen molar-refractivity contribution in [1.82, 2.24) is 9.80 Å². The third-order valence-electron chi connectivity index (χ3n) is 2.12. The molecule has 0 aromatic heterocycles. The van der Waals surface area contributed by atoms with E-state index in [4.69, 9.17) is 0 Å². The van der Waals surface area contributed by atoms with Gasteiger partial charge >= 0.3 is 0 Å². The maximum absolute atomic E-state index is 3.98. The van der Waals surface area contributed by atoms with Crippen molar-refractivity contribution in [3.8, 4) is 0 Å². The van der Waals surface area contributed by atoms with Gasteiger partial charge in [0.2, 0.25) is 0 Å². The lowest BCUT2D eigenvalue weighted by atomic mass is 10.6.